The lowest BCUT2D eigenvalue weighted by atomic mass is 10.2. The van der Waals surface area contributed by atoms with E-state index in [9.17, 15) is 4.79 Å². The Morgan fingerprint density at radius 2 is 1.74 bits per heavy atom. The summed E-state index contributed by atoms with van der Waals surface area (Å²) >= 11 is 0. The van der Waals surface area contributed by atoms with Crippen LogP contribution in [-0.4, -0.2) is 38.1 Å². The van der Waals surface area contributed by atoms with Gasteiger partial charge in [0.1, 0.15) is 0 Å². The number of nitrogens with zero attached hydrogens (tertiary/aromatic N) is 3. The van der Waals surface area contributed by atoms with E-state index in [1.54, 1.807) is 38.5 Å². The number of hydrogen-bond donors (Lipinski definition) is 0. The minimum atomic E-state index is -0.231. The zero-order valence-corrected chi connectivity index (χ0v) is 13.3. The lowest BCUT2D eigenvalue weighted by Gasteiger charge is -2.18. The van der Waals surface area contributed by atoms with Crippen molar-refractivity contribution in [2.24, 2.45) is 0 Å². The standard InChI is InChI=1S/C17H19N3O3/c1-22-15-7-5-14(13-16(15)23-2)6-8-17(21)20(11-3-9-18)12-4-10-19/h5-8,13H,3-4,11-12H2,1-2H3/b8-6+. The number of hydrogen-bond acceptors (Lipinski definition) is 5. The van der Waals surface area contributed by atoms with Gasteiger partial charge < -0.3 is 14.4 Å². The Balaban J connectivity index is 2.82. The minimum absolute atomic E-state index is 0.231. The molecular weight excluding hydrogens is 294 g/mol. The van der Waals surface area contributed by atoms with Crippen molar-refractivity contribution in [2.45, 2.75) is 12.8 Å². The maximum atomic E-state index is 12.2. The predicted molar refractivity (Wildman–Crippen MR) is 85.6 cm³/mol. The average Bonchev–Trinajstić information content (AvgIpc) is 2.59. The summed E-state index contributed by atoms with van der Waals surface area (Å²) in [7, 11) is 3.10. The molecule has 0 N–H and O–H groups in total. The molecule has 1 aromatic rings. The average molecular weight is 313 g/mol. The molecule has 0 unspecified atom stereocenters. The number of ether oxygens (including phenoxy) is 2. The Hall–Kier alpha value is -2.99. The third kappa shape index (κ3) is 5.72. The summed E-state index contributed by atoms with van der Waals surface area (Å²) in [5.74, 6) is 0.957. The fourth-order valence-electron chi connectivity index (χ4n) is 1.93. The van der Waals surface area contributed by atoms with Crippen LogP contribution in [0.5, 0.6) is 11.5 Å². The molecule has 0 saturated carbocycles. The Morgan fingerprint density at radius 1 is 1.13 bits per heavy atom. The molecule has 0 aromatic heterocycles. The molecule has 0 atom stereocenters. The number of rotatable bonds is 8. The van der Waals surface area contributed by atoms with E-state index < -0.39 is 0 Å². The third-order valence-electron chi connectivity index (χ3n) is 3.12. The molecule has 0 radical (unpaired) electrons. The van der Waals surface area contributed by atoms with Gasteiger partial charge in [-0.05, 0) is 23.8 Å². The van der Waals surface area contributed by atoms with Crippen molar-refractivity contribution in [2.75, 3.05) is 27.3 Å². The van der Waals surface area contributed by atoms with Crippen LogP contribution in [0.25, 0.3) is 6.08 Å². The first-order chi connectivity index (χ1) is 11.2. The molecule has 6 nitrogen and oxygen atoms in total. The molecule has 23 heavy (non-hydrogen) atoms. The van der Waals surface area contributed by atoms with Gasteiger partial charge in [0.25, 0.3) is 0 Å². The van der Waals surface area contributed by atoms with Gasteiger partial charge >= 0.3 is 0 Å². The van der Waals surface area contributed by atoms with E-state index in [1.807, 2.05) is 12.1 Å². The predicted octanol–water partition coefficient (Wildman–Crippen LogP) is 2.37. The zero-order valence-electron chi connectivity index (χ0n) is 13.3. The molecular formula is C17H19N3O3. The summed E-state index contributed by atoms with van der Waals surface area (Å²) in [6.07, 6.45) is 3.56. The van der Waals surface area contributed by atoms with Crippen LogP contribution in [0.15, 0.2) is 24.3 Å². The number of benzene rings is 1. The highest BCUT2D eigenvalue weighted by atomic mass is 16.5. The molecule has 0 aliphatic rings. The first kappa shape index (κ1) is 18.1. The molecule has 120 valence electrons. The molecule has 0 fully saturated rings. The van der Waals surface area contributed by atoms with Crippen molar-refractivity contribution in [1.82, 2.24) is 4.90 Å². The van der Waals surface area contributed by atoms with Gasteiger partial charge in [0.2, 0.25) is 5.91 Å². The van der Waals surface area contributed by atoms with Crippen molar-refractivity contribution in [3.63, 3.8) is 0 Å². The van der Waals surface area contributed by atoms with Crippen molar-refractivity contribution in [1.29, 1.82) is 10.5 Å². The zero-order chi connectivity index (χ0) is 17.1. The topological polar surface area (TPSA) is 86.4 Å². The Morgan fingerprint density at radius 3 is 2.26 bits per heavy atom. The van der Waals surface area contributed by atoms with Gasteiger partial charge in [-0.1, -0.05) is 6.07 Å². The second-order valence-electron chi connectivity index (χ2n) is 4.59. The lowest BCUT2D eigenvalue weighted by molar-refractivity contribution is -0.125. The van der Waals surface area contributed by atoms with Crippen LogP contribution < -0.4 is 9.47 Å². The number of amides is 1. The summed E-state index contributed by atoms with van der Waals surface area (Å²) < 4.78 is 10.4. The molecule has 1 amide bonds. The molecule has 1 rings (SSSR count). The summed E-state index contributed by atoms with van der Waals surface area (Å²) in [6.45, 7) is 0.626. The van der Waals surface area contributed by atoms with Crippen molar-refractivity contribution in [3.8, 4) is 23.6 Å². The molecule has 0 aliphatic heterocycles. The van der Waals surface area contributed by atoms with Crippen molar-refractivity contribution >= 4 is 12.0 Å². The highest BCUT2D eigenvalue weighted by molar-refractivity contribution is 5.91. The number of carbonyl (C=O) groups excluding carboxylic acids is 1. The van der Waals surface area contributed by atoms with Gasteiger partial charge in [-0.3, -0.25) is 4.79 Å². The molecule has 1 aromatic carbocycles. The van der Waals surface area contributed by atoms with Crippen LogP contribution in [0.3, 0.4) is 0 Å². The summed E-state index contributed by atoms with van der Waals surface area (Å²) in [5, 5.41) is 17.3. The highest BCUT2D eigenvalue weighted by Crippen LogP contribution is 2.27. The summed E-state index contributed by atoms with van der Waals surface area (Å²) in [6, 6.07) is 9.32. The number of carbonyl (C=O) groups is 1. The highest BCUT2D eigenvalue weighted by Gasteiger charge is 2.10. The van der Waals surface area contributed by atoms with Gasteiger partial charge in [-0.2, -0.15) is 10.5 Å². The van der Waals surface area contributed by atoms with Gasteiger partial charge in [0.05, 0.1) is 39.2 Å². The van der Waals surface area contributed by atoms with Crippen LogP contribution in [0, 0.1) is 22.7 Å². The SMILES string of the molecule is COc1ccc(/C=C/C(=O)N(CCC#N)CCC#N)cc1OC. The molecule has 0 heterocycles. The molecule has 0 bridgehead atoms. The van der Waals surface area contributed by atoms with E-state index >= 15 is 0 Å². The quantitative estimate of drug-likeness (QED) is 0.688. The largest absolute Gasteiger partial charge is 0.493 e. The Kier molecular flexibility index (Phi) is 7.74. The molecule has 0 saturated heterocycles. The second kappa shape index (κ2) is 9.86. The Labute approximate surface area is 136 Å². The fourth-order valence-corrected chi connectivity index (χ4v) is 1.93. The van der Waals surface area contributed by atoms with E-state index in [2.05, 4.69) is 0 Å². The van der Waals surface area contributed by atoms with Gasteiger partial charge in [-0.15, -0.1) is 0 Å². The van der Waals surface area contributed by atoms with Gasteiger partial charge in [0.15, 0.2) is 11.5 Å². The maximum Gasteiger partial charge on any atom is 0.246 e. The lowest BCUT2D eigenvalue weighted by Crippen LogP contribution is -2.31. The number of nitriles is 2. The summed E-state index contributed by atoms with van der Waals surface area (Å²) in [4.78, 5) is 13.7. The van der Waals surface area contributed by atoms with E-state index in [4.69, 9.17) is 20.0 Å². The first-order valence-electron chi connectivity index (χ1n) is 7.09. The van der Waals surface area contributed by atoms with Crippen LogP contribution in [0.4, 0.5) is 0 Å². The second-order valence-corrected chi connectivity index (χ2v) is 4.59. The first-order valence-corrected chi connectivity index (χ1v) is 7.09. The van der Waals surface area contributed by atoms with Gasteiger partial charge in [-0.25, -0.2) is 0 Å². The minimum Gasteiger partial charge on any atom is -0.493 e. The fraction of sp³-hybridized carbons (Fsp3) is 0.353. The monoisotopic (exact) mass is 313 g/mol. The van der Waals surface area contributed by atoms with Crippen LogP contribution in [0.1, 0.15) is 18.4 Å². The van der Waals surface area contributed by atoms with Crippen LogP contribution in [-0.2, 0) is 4.79 Å². The smallest absolute Gasteiger partial charge is 0.246 e. The van der Waals surface area contributed by atoms with Crippen molar-refractivity contribution < 1.29 is 14.3 Å². The number of methoxy groups -OCH3 is 2. The van der Waals surface area contributed by atoms with Crippen LogP contribution in [0.2, 0.25) is 0 Å². The molecule has 0 aliphatic carbocycles. The molecule has 0 spiro atoms. The normalized spacial score (nSPS) is 9.91. The van der Waals surface area contributed by atoms with E-state index in [0.29, 0.717) is 24.6 Å². The van der Waals surface area contributed by atoms with E-state index in [1.165, 1.54) is 11.0 Å². The van der Waals surface area contributed by atoms with E-state index in [-0.39, 0.29) is 18.7 Å². The Bertz CT molecular complexity index is 623. The molecule has 6 heteroatoms. The summed E-state index contributed by atoms with van der Waals surface area (Å²) in [5.41, 5.74) is 0.788. The maximum absolute atomic E-state index is 12.2. The van der Waals surface area contributed by atoms with E-state index in [0.717, 1.165) is 5.56 Å². The van der Waals surface area contributed by atoms with Crippen molar-refractivity contribution in [3.05, 3.63) is 29.8 Å². The third-order valence-corrected chi connectivity index (χ3v) is 3.12. The van der Waals surface area contributed by atoms with Gasteiger partial charge in [0, 0.05) is 19.2 Å². The van der Waals surface area contributed by atoms with Crippen LogP contribution >= 0.6 is 0 Å².